The van der Waals surface area contributed by atoms with Crippen LogP contribution in [0.15, 0.2) is 58.2 Å². The Hall–Kier alpha value is -2.39. The van der Waals surface area contributed by atoms with Gasteiger partial charge in [-0.25, -0.2) is 9.07 Å². The zero-order valence-electron chi connectivity index (χ0n) is 12.8. The number of benzene rings is 2. The van der Waals surface area contributed by atoms with Gasteiger partial charge in [-0.3, -0.25) is 4.79 Å². The van der Waals surface area contributed by atoms with Crippen LogP contribution in [0.5, 0.6) is 0 Å². The van der Waals surface area contributed by atoms with E-state index in [0.717, 1.165) is 21.8 Å². The third kappa shape index (κ3) is 4.18. The normalized spacial score (nSPS) is 10.6. The van der Waals surface area contributed by atoms with E-state index in [1.54, 1.807) is 0 Å². The van der Waals surface area contributed by atoms with E-state index in [4.69, 9.17) is 5.84 Å². The SMILES string of the molecule is Nn1c(SCC(=O)Nc2ccc(F)cc2)nnc1-c1ccccc1Br. The number of nitrogens with one attached hydrogen (secondary N) is 1. The fourth-order valence-electron chi connectivity index (χ4n) is 2.06. The molecule has 0 aliphatic carbocycles. The van der Waals surface area contributed by atoms with Gasteiger partial charge in [0.15, 0.2) is 5.82 Å². The molecule has 0 aliphatic rings. The minimum Gasteiger partial charge on any atom is -0.335 e. The number of carbonyl (C=O) groups is 1. The lowest BCUT2D eigenvalue weighted by Gasteiger charge is -2.06. The predicted molar refractivity (Wildman–Crippen MR) is 99.1 cm³/mol. The van der Waals surface area contributed by atoms with Crippen molar-refractivity contribution in [3.05, 3.63) is 58.8 Å². The van der Waals surface area contributed by atoms with Crippen molar-refractivity contribution in [1.82, 2.24) is 14.9 Å². The number of aromatic nitrogens is 3. The minimum absolute atomic E-state index is 0.0999. The molecule has 3 N–H and O–H groups in total. The number of amides is 1. The highest BCUT2D eigenvalue weighted by Gasteiger charge is 2.15. The molecule has 1 amide bonds. The summed E-state index contributed by atoms with van der Waals surface area (Å²) < 4.78 is 15.0. The first-order valence-corrected chi connectivity index (χ1v) is 8.96. The maximum atomic E-state index is 12.9. The first-order chi connectivity index (χ1) is 12.0. The zero-order chi connectivity index (χ0) is 17.8. The standard InChI is InChI=1S/C16H13BrFN5OS/c17-13-4-2-1-3-12(13)15-21-22-16(23(15)19)25-9-14(24)20-11-7-5-10(18)6-8-11/h1-8H,9,19H2,(H,20,24). The first kappa shape index (κ1) is 17.4. The zero-order valence-corrected chi connectivity index (χ0v) is 15.2. The van der Waals surface area contributed by atoms with Gasteiger partial charge in [0.25, 0.3) is 0 Å². The van der Waals surface area contributed by atoms with E-state index in [1.807, 2.05) is 24.3 Å². The Morgan fingerprint density at radius 3 is 2.64 bits per heavy atom. The number of nitrogens with two attached hydrogens (primary N) is 1. The number of thioether (sulfide) groups is 1. The number of nitrogen functional groups attached to an aromatic ring is 1. The Bertz CT molecular complexity index is 900. The van der Waals surface area contributed by atoms with Gasteiger partial charge in [0, 0.05) is 15.7 Å². The molecular weight excluding hydrogens is 409 g/mol. The van der Waals surface area contributed by atoms with Gasteiger partial charge >= 0.3 is 0 Å². The van der Waals surface area contributed by atoms with Gasteiger partial charge < -0.3 is 11.2 Å². The molecule has 0 aliphatic heterocycles. The predicted octanol–water partition coefficient (Wildman–Crippen LogP) is 3.29. The summed E-state index contributed by atoms with van der Waals surface area (Å²) >= 11 is 4.61. The first-order valence-electron chi connectivity index (χ1n) is 7.18. The molecule has 0 bridgehead atoms. The van der Waals surface area contributed by atoms with Crippen molar-refractivity contribution in [3.8, 4) is 11.4 Å². The van der Waals surface area contributed by atoms with E-state index in [-0.39, 0.29) is 17.5 Å². The molecule has 0 atom stereocenters. The molecule has 0 radical (unpaired) electrons. The van der Waals surface area contributed by atoms with E-state index >= 15 is 0 Å². The number of hydrogen-bond acceptors (Lipinski definition) is 5. The Kier molecular flexibility index (Phi) is 5.34. The summed E-state index contributed by atoms with van der Waals surface area (Å²) in [5.74, 6) is 6.02. The molecular formula is C16H13BrFN5OS. The third-order valence-corrected chi connectivity index (χ3v) is 4.87. The van der Waals surface area contributed by atoms with Crippen LogP contribution >= 0.6 is 27.7 Å². The molecule has 6 nitrogen and oxygen atoms in total. The molecule has 0 saturated heterocycles. The van der Waals surface area contributed by atoms with Crippen LogP contribution < -0.4 is 11.2 Å². The largest absolute Gasteiger partial charge is 0.335 e. The van der Waals surface area contributed by atoms with Crippen molar-refractivity contribution in [2.75, 3.05) is 16.9 Å². The van der Waals surface area contributed by atoms with Gasteiger partial charge in [-0.15, -0.1) is 10.2 Å². The highest BCUT2D eigenvalue weighted by atomic mass is 79.9. The van der Waals surface area contributed by atoms with E-state index in [0.29, 0.717) is 16.7 Å². The summed E-state index contributed by atoms with van der Waals surface area (Å²) in [5.41, 5.74) is 1.33. The van der Waals surface area contributed by atoms with Crippen LogP contribution in [0.1, 0.15) is 0 Å². The van der Waals surface area contributed by atoms with Crippen LogP contribution in [-0.4, -0.2) is 26.5 Å². The van der Waals surface area contributed by atoms with Crippen LogP contribution in [0.3, 0.4) is 0 Å². The molecule has 0 unspecified atom stereocenters. The average Bonchev–Trinajstić information content (AvgIpc) is 2.96. The molecule has 3 aromatic rings. The second-order valence-corrected chi connectivity index (χ2v) is 6.80. The van der Waals surface area contributed by atoms with E-state index in [9.17, 15) is 9.18 Å². The van der Waals surface area contributed by atoms with E-state index in [1.165, 1.54) is 28.9 Å². The monoisotopic (exact) mass is 421 g/mol. The van der Waals surface area contributed by atoms with Crippen molar-refractivity contribution >= 4 is 39.3 Å². The van der Waals surface area contributed by atoms with E-state index < -0.39 is 0 Å². The Morgan fingerprint density at radius 1 is 1.20 bits per heavy atom. The van der Waals surface area contributed by atoms with Gasteiger partial charge in [0.1, 0.15) is 5.82 Å². The van der Waals surface area contributed by atoms with Crippen molar-refractivity contribution in [2.45, 2.75) is 5.16 Å². The fraction of sp³-hybridized carbons (Fsp3) is 0.0625. The van der Waals surface area contributed by atoms with Crippen molar-refractivity contribution < 1.29 is 9.18 Å². The second-order valence-electron chi connectivity index (χ2n) is 5.00. The van der Waals surface area contributed by atoms with Gasteiger partial charge in [-0.1, -0.05) is 39.8 Å². The quantitative estimate of drug-likeness (QED) is 0.487. The molecule has 1 heterocycles. The number of hydrogen-bond donors (Lipinski definition) is 2. The molecule has 128 valence electrons. The Balaban J connectivity index is 1.65. The summed E-state index contributed by atoms with van der Waals surface area (Å²) in [6.45, 7) is 0. The molecule has 2 aromatic carbocycles. The fourth-order valence-corrected chi connectivity index (χ4v) is 3.18. The van der Waals surface area contributed by atoms with Crippen LogP contribution in [0.2, 0.25) is 0 Å². The molecule has 0 fully saturated rings. The summed E-state index contributed by atoms with van der Waals surface area (Å²) in [4.78, 5) is 12.0. The van der Waals surface area contributed by atoms with Crippen molar-refractivity contribution in [2.24, 2.45) is 0 Å². The number of rotatable bonds is 5. The number of anilines is 1. The van der Waals surface area contributed by atoms with Gasteiger partial charge in [0.2, 0.25) is 11.1 Å². The second kappa shape index (κ2) is 7.66. The van der Waals surface area contributed by atoms with Crippen molar-refractivity contribution in [1.29, 1.82) is 0 Å². The molecule has 0 saturated carbocycles. The lowest BCUT2D eigenvalue weighted by Crippen LogP contribution is -2.16. The maximum absolute atomic E-state index is 12.9. The molecule has 9 heteroatoms. The maximum Gasteiger partial charge on any atom is 0.234 e. The number of carbonyl (C=O) groups excluding carboxylic acids is 1. The van der Waals surface area contributed by atoms with Crippen LogP contribution in [-0.2, 0) is 4.79 Å². The molecule has 25 heavy (non-hydrogen) atoms. The third-order valence-electron chi connectivity index (χ3n) is 3.24. The number of halogens is 2. The topological polar surface area (TPSA) is 85.8 Å². The molecule has 3 rings (SSSR count). The van der Waals surface area contributed by atoms with Gasteiger partial charge in [0.05, 0.1) is 5.75 Å². The van der Waals surface area contributed by atoms with E-state index in [2.05, 4.69) is 31.4 Å². The Labute approximate surface area is 155 Å². The average molecular weight is 422 g/mol. The van der Waals surface area contributed by atoms with Gasteiger partial charge in [-0.05, 0) is 36.4 Å². The summed E-state index contributed by atoms with van der Waals surface area (Å²) in [7, 11) is 0. The van der Waals surface area contributed by atoms with Crippen LogP contribution in [0.25, 0.3) is 11.4 Å². The lowest BCUT2D eigenvalue weighted by atomic mass is 10.2. The Morgan fingerprint density at radius 2 is 1.92 bits per heavy atom. The van der Waals surface area contributed by atoms with Gasteiger partial charge in [-0.2, -0.15) is 0 Å². The minimum atomic E-state index is -0.358. The molecule has 0 spiro atoms. The highest BCUT2D eigenvalue weighted by molar-refractivity contribution is 9.10. The molecule has 1 aromatic heterocycles. The van der Waals surface area contributed by atoms with Crippen molar-refractivity contribution in [3.63, 3.8) is 0 Å². The van der Waals surface area contributed by atoms with Crippen LogP contribution in [0.4, 0.5) is 10.1 Å². The lowest BCUT2D eigenvalue weighted by molar-refractivity contribution is -0.113. The summed E-state index contributed by atoms with van der Waals surface area (Å²) in [6, 6.07) is 13.1. The number of nitrogens with zero attached hydrogens (tertiary/aromatic N) is 3. The summed E-state index contributed by atoms with van der Waals surface area (Å²) in [6.07, 6.45) is 0. The van der Waals surface area contributed by atoms with Crippen LogP contribution in [0, 0.1) is 5.82 Å². The highest BCUT2D eigenvalue weighted by Crippen LogP contribution is 2.27. The smallest absolute Gasteiger partial charge is 0.234 e. The summed E-state index contributed by atoms with van der Waals surface area (Å²) in [5, 5.41) is 11.2.